The van der Waals surface area contributed by atoms with Crippen molar-refractivity contribution in [2.24, 2.45) is 0 Å². The number of unbranched alkanes of at least 4 members (excludes halogenated alkanes) is 1. The van der Waals surface area contributed by atoms with Crippen LogP contribution in [-0.4, -0.2) is 19.3 Å². The molecule has 1 aromatic carbocycles. The van der Waals surface area contributed by atoms with Gasteiger partial charge in [0.25, 0.3) is 0 Å². The van der Waals surface area contributed by atoms with Crippen LogP contribution >= 0.6 is 0 Å². The van der Waals surface area contributed by atoms with Crippen molar-refractivity contribution < 1.29 is 9.47 Å². The number of ether oxygens (including phenoxy) is 2. The van der Waals surface area contributed by atoms with Crippen molar-refractivity contribution in [1.29, 1.82) is 5.26 Å². The summed E-state index contributed by atoms with van der Waals surface area (Å²) in [5.41, 5.74) is 1.03. The lowest BCUT2D eigenvalue weighted by molar-refractivity contribution is 0.135. The first kappa shape index (κ1) is 14.3. The molecule has 1 unspecified atom stereocenters. The van der Waals surface area contributed by atoms with Crippen LogP contribution in [0.2, 0.25) is 0 Å². The Labute approximate surface area is 120 Å². The number of nitrogens with one attached hydrogen (secondary N) is 1. The Morgan fingerprint density at radius 3 is 3.20 bits per heavy atom. The normalized spacial score (nSPS) is 17.1. The van der Waals surface area contributed by atoms with E-state index in [2.05, 4.69) is 11.4 Å². The van der Waals surface area contributed by atoms with Gasteiger partial charge in [0.1, 0.15) is 11.9 Å². The van der Waals surface area contributed by atoms with Crippen molar-refractivity contribution >= 4 is 5.69 Å². The number of anilines is 1. The van der Waals surface area contributed by atoms with E-state index in [1.54, 1.807) is 6.26 Å². The Kier molecular flexibility index (Phi) is 5.78. The molecule has 0 fully saturated rings. The second-order valence-corrected chi connectivity index (χ2v) is 4.73. The first-order valence-electron chi connectivity index (χ1n) is 7.02. The summed E-state index contributed by atoms with van der Waals surface area (Å²) in [7, 11) is 0. The number of rotatable bonds is 7. The monoisotopic (exact) mass is 272 g/mol. The molecular weight excluding hydrogens is 252 g/mol. The van der Waals surface area contributed by atoms with Crippen molar-refractivity contribution in [2.45, 2.75) is 31.8 Å². The van der Waals surface area contributed by atoms with Gasteiger partial charge in [-0.25, -0.2) is 0 Å². The highest BCUT2D eigenvalue weighted by atomic mass is 16.5. The van der Waals surface area contributed by atoms with E-state index in [4.69, 9.17) is 14.7 Å². The van der Waals surface area contributed by atoms with Crippen LogP contribution < -0.4 is 10.1 Å². The number of nitriles is 1. The molecule has 0 radical (unpaired) electrons. The van der Waals surface area contributed by atoms with Gasteiger partial charge in [-0.3, -0.25) is 0 Å². The van der Waals surface area contributed by atoms with Crippen LogP contribution in [-0.2, 0) is 4.74 Å². The molecule has 0 saturated heterocycles. The van der Waals surface area contributed by atoms with E-state index in [1.807, 2.05) is 30.3 Å². The molecular formula is C16H20N2O2. The Bertz CT molecular complexity index is 480. The fraction of sp³-hybridized carbons (Fsp3) is 0.438. The van der Waals surface area contributed by atoms with E-state index in [0.29, 0.717) is 13.0 Å². The van der Waals surface area contributed by atoms with E-state index < -0.39 is 0 Å². The molecule has 0 saturated carbocycles. The minimum atomic E-state index is 0.236. The van der Waals surface area contributed by atoms with Gasteiger partial charge < -0.3 is 14.8 Å². The van der Waals surface area contributed by atoms with Gasteiger partial charge in [-0.15, -0.1) is 0 Å². The predicted molar refractivity (Wildman–Crippen MR) is 78.5 cm³/mol. The highest BCUT2D eigenvalue weighted by Gasteiger charge is 2.10. The van der Waals surface area contributed by atoms with Gasteiger partial charge in [0.05, 0.1) is 25.5 Å². The zero-order valence-corrected chi connectivity index (χ0v) is 11.5. The molecule has 2 rings (SSSR count). The van der Waals surface area contributed by atoms with Crippen LogP contribution in [0, 0.1) is 11.3 Å². The average Bonchev–Trinajstić information content (AvgIpc) is 2.51. The van der Waals surface area contributed by atoms with Gasteiger partial charge in [0, 0.05) is 18.2 Å². The van der Waals surface area contributed by atoms with Crippen molar-refractivity contribution in [3.8, 4) is 11.8 Å². The van der Waals surface area contributed by atoms with Crippen LogP contribution in [0.25, 0.3) is 0 Å². The highest BCUT2D eigenvalue weighted by molar-refractivity contribution is 5.48. The second-order valence-electron chi connectivity index (χ2n) is 4.73. The van der Waals surface area contributed by atoms with Gasteiger partial charge in [-0.1, -0.05) is 6.07 Å². The Hall–Kier alpha value is -2.15. The lowest BCUT2D eigenvalue weighted by atomic mass is 10.1. The van der Waals surface area contributed by atoms with Crippen LogP contribution in [0.3, 0.4) is 0 Å². The third-order valence-corrected chi connectivity index (χ3v) is 3.09. The molecule has 0 bridgehead atoms. The maximum absolute atomic E-state index is 8.47. The summed E-state index contributed by atoms with van der Waals surface area (Å²) in [4.78, 5) is 0. The second kappa shape index (κ2) is 8.11. The van der Waals surface area contributed by atoms with Crippen molar-refractivity contribution in [1.82, 2.24) is 0 Å². The number of hydrogen-bond donors (Lipinski definition) is 1. The minimum Gasteiger partial charge on any atom is -0.497 e. The van der Waals surface area contributed by atoms with Gasteiger partial charge >= 0.3 is 0 Å². The third-order valence-electron chi connectivity index (χ3n) is 3.09. The third kappa shape index (κ3) is 4.85. The number of allylic oxidation sites excluding steroid dienone is 1. The number of hydrogen-bond acceptors (Lipinski definition) is 4. The van der Waals surface area contributed by atoms with Gasteiger partial charge in [-0.05, 0) is 37.5 Å². The standard InChI is InChI=1S/C16H20N2O2/c17-9-2-4-11-19-15-8-5-6-14(12-15)18-13-16-7-1-3-10-20-16/h3,5-6,8,10,12,16,18H,1-2,4,7,11,13H2. The van der Waals surface area contributed by atoms with Gasteiger partial charge in [0.15, 0.2) is 0 Å². The Morgan fingerprint density at radius 2 is 2.40 bits per heavy atom. The summed E-state index contributed by atoms with van der Waals surface area (Å²) in [6.45, 7) is 1.37. The summed E-state index contributed by atoms with van der Waals surface area (Å²) in [5, 5.41) is 11.8. The molecule has 1 aliphatic rings. The Balaban J connectivity index is 1.77. The molecule has 0 spiro atoms. The van der Waals surface area contributed by atoms with Crippen LogP contribution in [0.5, 0.6) is 5.75 Å². The number of benzene rings is 1. The molecule has 4 nitrogen and oxygen atoms in total. The van der Waals surface area contributed by atoms with Crippen LogP contribution in [0.4, 0.5) is 5.69 Å². The predicted octanol–water partition coefficient (Wildman–Crippen LogP) is 3.47. The van der Waals surface area contributed by atoms with E-state index in [0.717, 1.165) is 37.2 Å². The highest BCUT2D eigenvalue weighted by Crippen LogP contribution is 2.18. The molecule has 106 valence electrons. The fourth-order valence-electron chi connectivity index (χ4n) is 2.00. The summed E-state index contributed by atoms with van der Waals surface area (Å²) < 4.78 is 11.1. The molecule has 1 N–H and O–H groups in total. The molecule has 0 aromatic heterocycles. The first-order valence-corrected chi connectivity index (χ1v) is 7.02. The SMILES string of the molecule is N#CCCCOc1cccc(NCC2CCC=CO2)c1. The van der Waals surface area contributed by atoms with E-state index in [-0.39, 0.29) is 6.10 Å². The summed E-state index contributed by atoms with van der Waals surface area (Å²) in [5.74, 6) is 0.831. The summed E-state index contributed by atoms with van der Waals surface area (Å²) in [6, 6.07) is 9.99. The molecule has 0 amide bonds. The number of nitrogens with zero attached hydrogens (tertiary/aromatic N) is 1. The molecule has 1 aromatic rings. The van der Waals surface area contributed by atoms with Gasteiger partial charge in [0.2, 0.25) is 0 Å². The topological polar surface area (TPSA) is 54.3 Å². The fourth-order valence-corrected chi connectivity index (χ4v) is 2.00. The minimum absolute atomic E-state index is 0.236. The van der Waals surface area contributed by atoms with E-state index >= 15 is 0 Å². The Morgan fingerprint density at radius 1 is 1.45 bits per heavy atom. The summed E-state index contributed by atoms with van der Waals surface area (Å²) in [6.07, 6.45) is 7.49. The first-order chi connectivity index (χ1) is 9.88. The lowest BCUT2D eigenvalue weighted by Gasteiger charge is -2.20. The quantitative estimate of drug-likeness (QED) is 0.772. The molecule has 0 aliphatic carbocycles. The van der Waals surface area contributed by atoms with Gasteiger partial charge in [-0.2, -0.15) is 5.26 Å². The molecule has 1 heterocycles. The van der Waals surface area contributed by atoms with Crippen molar-refractivity contribution in [3.63, 3.8) is 0 Å². The molecule has 4 heteroatoms. The largest absolute Gasteiger partial charge is 0.497 e. The summed E-state index contributed by atoms with van der Waals surface area (Å²) >= 11 is 0. The van der Waals surface area contributed by atoms with E-state index in [1.165, 1.54) is 0 Å². The smallest absolute Gasteiger partial charge is 0.121 e. The van der Waals surface area contributed by atoms with Crippen molar-refractivity contribution in [3.05, 3.63) is 36.6 Å². The van der Waals surface area contributed by atoms with Crippen molar-refractivity contribution in [2.75, 3.05) is 18.5 Å². The average molecular weight is 272 g/mol. The molecule has 1 atom stereocenters. The van der Waals surface area contributed by atoms with Crippen LogP contribution in [0.15, 0.2) is 36.6 Å². The zero-order valence-electron chi connectivity index (χ0n) is 11.5. The maximum Gasteiger partial charge on any atom is 0.121 e. The zero-order chi connectivity index (χ0) is 14.0. The molecule has 20 heavy (non-hydrogen) atoms. The van der Waals surface area contributed by atoms with Crippen LogP contribution in [0.1, 0.15) is 25.7 Å². The van der Waals surface area contributed by atoms with E-state index in [9.17, 15) is 0 Å². The maximum atomic E-state index is 8.47. The lowest BCUT2D eigenvalue weighted by Crippen LogP contribution is -2.22. The molecule has 1 aliphatic heterocycles.